The summed E-state index contributed by atoms with van der Waals surface area (Å²) in [5, 5.41) is 13.3. The minimum absolute atomic E-state index is 0.432. The van der Waals surface area contributed by atoms with E-state index in [0.29, 0.717) is 5.75 Å². The first-order valence-electron chi connectivity index (χ1n) is 8.65. The molecule has 0 aromatic heterocycles. The van der Waals surface area contributed by atoms with Crippen molar-refractivity contribution in [2.45, 2.75) is 78.7 Å². The Morgan fingerprint density at radius 3 is 1.95 bits per heavy atom. The van der Waals surface area contributed by atoms with Gasteiger partial charge in [-0.2, -0.15) is 0 Å². The quantitative estimate of drug-likeness (QED) is 0.546. The third kappa shape index (κ3) is 7.52. The summed E-state index contributed by atoms with van der Waals surface area (Å²) in [6.45, 7) is 8.18. The van der Waals surface area contributed by atoms with E-state index < -0.39 is 0 Å². The number of rotatable bonds is 11. The number of nitrogens with one attached hydrogen (secondary N) is 1. The molecule has 2 N–H and O–H groups in total. The number of phenols is 1. The molecule has 1 aromatic rings. The van der Waals surface area contributed by atoms with Crippen molar-refractivity contribution in [3.8, 4) is 5.75 Å². The second-order valence-corrected chi connectivity index (χ2v) is 6.23. The number of hydrogen-bond acceptors (Lipinski definition) is 2. The lowest BCUT2D eigenvalue weighted by Gasteiger charge is -2.09. The number of hydrogen-bond donors (Lipinski definition) is 2. The summed E-state index contributed by atoms with van der Waals surface area (Å²) in [6.07, 6.45) is 10.9. The second-order valence-electron chi connectivity index (χ2n) is 6.23. The van der Waals surface area contributed by atoms with Crippen molar-refractivity contribution in [3.63, 3.8) is 0 Å². The molecule has 2 heteroatoms. The van der Waals surface area contributed by atoms with Crippen LogP contribution in [0.1, 0.15) is 75.0 Å². The number of aryl methyl sites for hydroxylation is 2. The summed E-state index contributed by atoms with van der Waals surface area (Å²) in [5.74, 6) is 0.432. The van der Waals surface area contributed by atoms with Gasteiger partial charge >= 0.3 is 0 Å². The summed E-state index contributed by atoms with van der Waals surface area (Å²) in [7, 11) is 0. The molecule has 120 valence electrons. The van der Waals surface area contributed by atoms with Crippen molar-refractivity contribution >= 4 is 0 Å². The van der Waals surface area contributed by atoms with E-state index in [-0.39, 0.29) is 0 Å². The predicted octanol–water partition coefficient (Wildman–Crippen LogP) is 5.24. The molecule has 0 spiro atoms. The Morgan fingerprint density at radius 1 is 0.857 bits per heavy atom. The van der Waals surface area contributed by atoms with Gasteiger partial charge in [0, 0.05) is 6.54 Å². The SMILES string of the molecule is CCCCCCCCCCNCc1cc(C)c(O)c(C)c1. The largest absolute Gasteiger partial charge is 0.507 e. The van der Waals surface area contributed by atoms with Crippen LogP contribution < -0.4 is 5.32 Å². The van der Waals surface area contributed by atoms with Gasteiger partial charge in [-0.3, -0.25) is 0 Å². The van der Waals surface area contributed by atoms with Crippen molar-refractivity contribution in [1.82, 2.24) is 5.32 Å². The zero-order chi connectivity index (χ0) is 15.5. The molecule has 0 aliphatic heterocycles. The van der Waals surface area contributed by atoms with Crippen LogP contribution in [0.2, 0.25) is 0 Å². The maximum atomic E-state index is 9.76. The molecule has 0 fully saturated rings. The fourth-order valence-corrected chi connectivity index (χ4v) is 2.76. The van der Waals surface area contributed by atoms with Crippen LogP contribution in [-0.4, -0.2) is 11.7 Å². The first-order chi connectivity index (χ1) is 10.1. The molecule has 0 aliphatic rings. The minimum Gasteiger partial charge on any atom is -0.507 e. The van der Waals surface area contributed by atoms with Crippen LogP contribution in [0.3, 0.4) is 0 Å². The summed E-state index contributed by atoms with van der Waals surface area (Å²) in [6, 6.07) is 4.14. The molecular formula is C19H33NO. The maximum absolute atomic E-state index is 9.76. The van der Waals surface area contributed by atoms with Crippen molar-refractivity contribution < 1.29 is 5.11 Å². The first kappa shape index (κ1) is 18.0. The van der Waals surface area contributed by atoms with Gasteiger partial charge in [0.1, 0.15) is 5.75 Å². The lowest BCUT2D eigenvalue weighted by molar-refractivity contribution is 0.466. The third-order valence-electron chi connectivity index (χ3n) is 4.09. The molecular weight excluding hydrogens is 258 g/mol. The number of unbranched alkanes of at least 4 members (excludes halogenated alkanes) is 7. The molecule has 1 aromatic carbocycles. The van der Waals surface area contributed by atoms with E-state index in [1.807, 2.05) is 13.8 Å². The van der Waals surface area contributed by atoms with Crippen LogP contribution in [-0.2, 0) is 6.54 Å². The van der Waals surface area contributed by atoms with E-state index in [1.54, 1.807) is 0 Å². The van der Waals surface area contributed by atoms with Gasteiger partial charge in [0.25, 0.3) is 0 Å². The lowest BCUT2D eigenvalue weighted by atomic mass is 10.1. The van der Waals surface area contributed by atoms with Crippen molar-refractivity contribution in [3.05, 3.63) is 28.8 Å². The van der Waals surface area contributed by atoms with Gasteiger partial charge < -0.3 is 10.4 Å². The van der Waals surface area contributed by atoms with Gasteiger partial charge in [0.05, 0.1) is 0 Å². The Morgan fingerprint density at radius 2 is 1.38 bits per heavy atom. The fourth-order valence-electron chi connectivity index (χ4n) is 2.76. The Balaban J connectivity index is 2.04. The summed E-state index contributed by atoms with van der Waals surface area (Å²) < 4.78 is 0. The lowest BCUT2D eigenvalue weighted by Crippen LogP contribution is -2.14. The van der Waals surface area contributed by atoms with Gasteiger partial charge in [0.2, 0.25) is 0 Å². The molecule has 1 rings (SSSR count). The summed E-state index contributed by atoms with van der Waals surface area (Å²) in [4.78, 5) is 0. The highest BCUT2D eigenvalue weighted by Gasteiger charge is 2.02. The Hall–Kier alpha value is -1.02. The molecule has 0 saturated carbocycles. The highest BCUT2D eigenvalue weighted by Crippen LogP contribution is 2.22. The normalized spacial score (nSPS) is 11.0. The standard InChI is InChI=1S/C19H33NO/c1-4-5-6-7-8-9-10-11-12-20-15-18-13-16(2)19(21)17(3)14-18/h13-14,20-21H,4-12,15H2,1-3H3. The van der Waals surface area contributed by atoms with E-state index in [9.17, 15) is 5.11 Å². The molecule has 0 amide bonds. The van der Waals surface area contributed by atoms with Crippen molar-refractivity contribution in [1.29, 1.82) is 0 Å². The molecule has 21 heavy (non-hydrogen) atoms. The number of aromatic hydroxyl groups is 1. The van der Waals surface area contributed by atoms with Crippen LogP contribution in [0.5, 0.6) is 5.75 Å². The zero-order valence-electron chi connectivity index (χ0n) is 14.2. The molecule has 0 saturated heterocycles. The van der Waals surface area contributed by atoms with Crippen LogP contribution in [0.25, 0.3) is 0 Å². The number of phenolic OH excluding ortho intramolecular Hbond substituents is 1. The average molecular weight is 291 g/mol. The smallest absolute Gasteiger partial charge is 0.121 e. The summed E-state index contributed by atoms with van der Waals surface area (Å²) in [5.41, 5.74) is 3.21. The van der Waals surface area contributed by atoms with Gasteiger partial charge in [-0.05, 0) is 43.5 Å². The van der Waals surface area contributed by atoms with Gasteiger partial charge in [-0.15, -0.1) is 0 Å². The molecule has 0 bridgehead atoms. The van der Waals surface area contributed by atoms with Gasteiger partial charge in [-0.1, -0.05) is 64.0 Å². The average Bonchev–Trinajstić information content (AvgIpc) is 2.46. The van der Waals surface area contributed by atoms with Crippen molar-refractivity contribution in [2.75, 3.05) is 6.54 Å². The molecule has 0 unspecified atom stereocenters. The van der Waals surface area contributed by atoms with Crippen LogP contribution >= 0.6 is 0 Å². The number of benzene rings is 1. The van der Waals surface area contributed by atoms with E-state index in [1.165, 1.54) is 56.9 Å². The van der Waals surface area contributed by atoms with E-state index in [2.05, 4.69) is 24.4 Å². The highest BCUT2D eigenvalue weighted by molar-refractivity contribution is 5.42. The Bertz CT molecular complexity index is 378. The van der Waals surface area contributed by atoms with Crippen LogP contribution in [0.15, 0.2) is 12.1 Å². The fraction of sp³-hybridized carbons (Fsp3) is 0.684. The van der Waals surface area contributed by atoms with E-state index >= 15 is 0 Å². The Kier molecular flexibility index (Phi) is 9.16. The summed E-state index contributed by atoms with van der Waals surface area (Å²) >= 11 is 0. The van der Waals surface area contributed by atoms with Gasteiger partial charge in [0.15, 0.2) is 0 Å². The highest BCUT2D eigenvalue weighted by atomic mass is 16.3. The topological polar surface area (TPSA) is 32.3 Å². The molecule has 0 aliphatic carbocycles. The second kappa shape index (κ2) is 10.7. The van der Waals surface area contributed by atoms with Crippen LogP contribution in [0, 0.1) is 13.8 Å². The third-order valence-corrected chi connectivity index (χ3v) is 4.09. The van der Waals surface area contributed by atoms with E-state index in [4.69, 9.17) is 0 Å². The maximum Gasteiger partial charge on any atom is 0.121 e. The zero-order valence-corrected chi connectivity index (χ0v) is 14.2. The molecule has 0 radical (unpaired) electrons. The molecule has 2 nitrogen and oxygen atoms in total. The van der Waals surface area contributed by atoms with Gasteiger partial charge in [-0.25, -0.2) is 0 Å². The minimum atomic E-state index is 0.432. The monoisotopic (exact) mass is 291 g/mol. The molecule has 0 atom stereocenters. The van der Waals surface area contributed by atoms with Crippen molar-refractivity contribution in [2.24, 2.45) is 0 Å². The van der Waals surface area contributed by atoms with Crippen LogP contribution in [0.4, 0.5) is 0 Å². The predicted molar refractivity (Wildman–Crippen MR) is 91.9 cm³/mol. The first-order valence-corrected chi connectivity index (χ1v) is 8.65. The van der Waals surface area contributed by atoms with E-state index in [0.717, 1.165) is 24.2 Å². The molecule has 0 heterocycles. The Labute approximate surface area is 131 Å².